The van der Waals surface area contributed by atoms with Crippen molar-refractivity contribution in [3.63, 3.8) is 0 Å². The molecule has 0 radical (unpaired) electrons. The maximum absolute atomic E-state index is 11.3. The first-order valence-electron chi connectivity index (χ1n) is 3.93. The van der Waals surface area contributed by atoms with Crippen LogP contribution in [0.5, 0.6) is 0 Å². The van der Waals surface area contributed by atoms with Crippen molar-refractivity contribution in [2.24, 2.45) is 0 Å². The number of nitrogens with one attached hydrogen (secondary N) is 1. The van der Waals surface area contributed by atoms with Crippen LogP contribution in [0, 0.1) is 0 Å². The average molecular weight is 238 g/mol. The number of aliphatic hydroxyl groups is 1. The molecule has 0 fully saturated rings. The van der Waals surface area contributed by atoms with E-state index in [1.807, 2.05) is 0 Å². The first-order valence-corrected chi connectivity index (χ1v) is 4.72. The van der Waals surface area contributed by atoms with Gasteiger partial charge in [-0.1, -0.05) is 15.9 Å². The molecule has 2 unspecified atom stereocenters. The van der Waals surface area contributed by atoms with Crippen LogP contribution in [0.2, 0.25) is 0 Å². The lowest BCUT2D eigenvalue weighted by atomic mass is 10.1. The van der Waals surface area contributed by atoms with Gasteiger partial charge in [-0.3, -0.25) is 4.79 Å². The van der Waals surface area contributed by atoms with Gasteiger partial charge in [-0.15, -0.1) is 0 Å². The van der Waals surface area contributed by atoms with Crippen LogP contribution in [-0.4, -0.2) is 27.5 Å². The molecule has 0 spiro atoms. The molecule has 0 bridgehead atoms. The number of carbonyl (C=O) groups excluding carboxylic acids is 1. The minimum Gasteiger partial charge on any atom is -0.391 e. The summed E-state index contributed by atoms with van der Waals surface area (Å²) in [5, 5.41) is 11.8. The van der Waals surface area contributed by atoms with E-state index in [2.05, 4.69) is 21.2 Å². The highest BCUT2D eigenvalue weighted by atomic mass is 79.9. The summed E-state index contributed by atoms with van der Waals surface area (Å²) in [7, 11) is 0. The van der Waals surface area contributed by atoms with Gasteiger partial charge in [-0.25, -0.2) is 0 Å². The molecule has 3 nitrogen and oxygen atoms in total. The zero-order chi connectivity index (χ0) is 9.94. The van der Waals surface area contributed by atoms with E-state index in [4.69, 9.17) is 5.11 Å². The Bertz CT molecular complexity index is 163. The van der Waals surface area contributed by atoms with Crippen molar-refractivity contribution in [2.45, 2.75) is 44.2 Å². The third kappa shape index (κ3) is 4.07. The van der Waals surface area contributed by atoms with E-state index in [0.29, 0.717) is 0 Å². The molecular weight excluding hydrogens is 222 g/mol. The van der Waals surface area contributed by atoms with Gasteiger partial charge in [0.15, 0.2) is 0 Å². The van der Waals surface area contributed by atoms with Crippen molar-refractivity contribution >= 4 is 21.8 Å². The Hall–Kier alpha value is -0.0900. The molecular formula is C8H16BrNO2. The Labute approximate surface area is 81.7 Å². The van der Waals surface area contributed by atoms with Crippen molar-refractivity contribution in [3.05, 3.63) is 0 Å². The molecule has 72 valence electrons. The summed E-state index contributed by atoms with van der Waals surface area (Å²) >= 11 is 3.23. The van der Waals surface area contributed by atoms with Gasteiger partial charge < -0.3 is 10.4 Å². The summed E-state index contributed by atoms with van der Waals surface area (Å²) in [6.45, 7) is 6.93. The molecule has 0 saturated carbocycles. The summed E-state index contributed by atoms with van der Waals surface area (Å²) in [4.78, 5) is 11.3. The normalized spacial score (nSPS) is 16.8. The molecule has 0 aromatic carbocycles. The van der Waals surface area contributed by atoms with E-state index >= 15 is 0 Å². The van der Waals surface area contributed by atoms with Gasteiger partial charge in [-0.05, 0) is 27.7 Å². The minimum atomic E-state index is -0.573. The second-order valence-electron chi connectivity index (χ2n) is 3.48. The summed E-state index contributed by atoms with van der Waals surface area (Å²) in [5.41, 5.74) is 0. The molecule has 2 N–H and O–H groups in total. The molecule has 1 amide bonds. The lowest BCUT2D eigenvalue weighted by molar-refractivity contribution is -0.123. The van der Waals surface area contributed by atoms with E-state index in [1.54, 1.807) is 27.7 Å². The highest BCUT2D eigenvalue weighted by molar-refractivity contribution is 9.10. The van der Waals surface area contributed by atoms with E-state index in [1.165, 1.54) is 0 Å². The predicted octanol–water partition coefficient (Wildman–Crippen LogP) is 1.05. The van der Waals surface area contributed by atoms with Gasteiger partial charge in [0.1, 0.15) is 0 Å². The number of aliphatic hydroxyl groups excluding tert-OH is 1. The topological polar surface area (TPSA) is 49.3 Å². The zero-order valence-electron chi connectivity index (χ0n) is 7.89. The second-order valence-corrected chi connectivity index (χ2v) is 5.46. The van der Waals surface area contributed by atoms with Crippen LogP contribution in [0.4, 0.5) is 0 Å². The van der Waals surface area contributed by atoms with Crippen LogP contribution < -0.4 is 5.32 Å². The minimum absolute atomic E-state index is 0.115. The summed E-state index contributed by atoms with van der Waals surface area (Å²) in [6.07, 6.45) is -0.524. The molecule has 0 heterocycles. The SMILES string of the molecule is CC(O)C(C)NC(=O)C(C)(C)Br. The number of hydrogen-bond donors (Lipinski definition) is 2. The van der Waals surface area contributed by atoms with Gasteiger partial charge in [-0.2, -0.15) is 0 Å². The highest BCUT2D eigenvalue weighted by Crippen LogP contribution is 2.15. The van der Waals surface area contributed by atoms with Crippen LogP contribution in [0.1, 0.15) is 27.7 Å². The van der Waals surface area contributed by atoms with Crippen LogP contribution in [0.25, 0.3) is 0 Å². The zero-order valence-corrected chi connectivity index (χ0v) is 9.47. The number of halogens is 1. The molecule has 2 atom stereocenters. The number of alkyl halides is 1. The number of carbonyl (C=O) groups is 1. The van der Waals surface area contributed by atoms with E-state index in [9.17, 15) is 4.79 Å². The quantitative estimate of drug-likeness (QED) is 0.722. The van der Waals surface area contributed by atoms with E-state index < -0.39 is 10.4 Å². The molecule has 0 rings (SSSR count). The first-order chi connectivity index (χ1) is 5.25. The highest BCUT2D eigenvalue weighted by Gasteiger charge is 2.25. The molecule has 0 aliphatic carbocycles. The number of amides is 1. The van der Waals surface area contributed by atoms with Gasteiger partial charge in [0.05, 0.1) is 16.5 Å². The van der Waals surface area contributed by atoms with Crippen molar-refractivity contribution in [1.29, 1.82) is 0 Å². The Morgan fingerprint density at radius 2 is 1.92 bits per heavy atom. The fourth-order valence-corrected chi connectivity index (χ4v) is 0.613. The summed E-state index contributed by atoms with van der Waals surface area (Å²) in [6, 6.07) is -0.214. The van der Waals surface area contributed by atoms with Gasteiger partial charge in [0, 0.05) is 0 Å². The van der Waals surface area contributed by atoms with Gasteiger partial charge in [0.25, 0.3) is 0 Å². The molecule has 0 aliphatic heterocycles. The maximum Gasteiger partial charge on any atom is 0.236 e. The Balaban J connectivity index is 4.02. The first kappa shape index (κ1) is 11.9. The van der Waals surface area contributed by atoms with Crippen LogP contribution in [0.15, 0.2) is 0 Å². The molecule has 12 heavy (non-hydrogen) atoms. The summed E-state index contributed by atoms with van der Waals surface area (Å²) < 4.78 is -0.573. The lowest BCUT2D eigenvalue weighted by Gasteiger charge is -2.22. The van der Waals surface area contributed by atoms with E-state index in [0.717, 1.165) is 0 Å². The molecule has 0 aromatic heterocycles. The lowest BCUT2D eigenvalue weighted by Crippen LogP contribution is -2.46. The fourth-order valence-electron chi connectivity index (χ4n) is 0.499. The summed E-state index contributed by atoms with van der Waals surface area (Å²) in [5.74, 6) is -0.115. The van der Waals surface area contributed by atoms with Crippen LogP contribution in [-0.2, 0) is 4.79 Å². The Kier molecular flexibility index (Phi) is 4.20. The standard InChI is InChI=1S/C8H16BrNO2/c1-5(6(2)11)10-7(12)8(3,4)9/h5-6,11H,1-4H3,(H,10,12). The van der Waals surface area contributed by atoms with Crippen molar-refractivity contribution in [2.75, 3.05) is 0 Å². The van der Waals surface area contributed by atoms with Crippen LogP contribution >= 0.6 is 15.9 Å². The molecule has 0 aromatic rings. The third-order valence-electron chi connectivity index (χ3n) is 1.62. The van der Waals surface area contributed by atoms with Gasteiger partial charge in [0.2, 0.25) is 5.91 Å². The predicted molar refractivity (Wildman–Crippen MR) is 52.3 cm³/mol. The number of hydrogen-bond acceptors (Lipinski definition) is 2. The van der Waals surface area contributed by atoms with Crippen molar-refractivity contribution in [3.8, 4) is 0 Å². The smallest absolute Gasteiger partial charge is 0.236 e. The Morgan fingerprint density at radius 1 is 1.50 bits per heavy atom. The third-order valence-corrected chi connectivity index (χ3v) is 1.98. The van der Waals surface area contributed by atoms with Gasteiger partial charge >= 0.3 is 0 Å². The average Bonchev–Trinajstić information content (AvgIpc) is 1.85. The number of rotatable bonds is 3. The maximum atomic E-state index is 11.3. The van der Waals surface area contributed by atoms with Crippen molar-refractivity contribution < 1.29 is 9.90 Å². The second kappa shape index (κ2) is 4.23. The largest absolute Gasteiger partial charge is 0.391 e. The van der Waals surface area contributed by atoms with Crippen molar-refractivity contribution in [1.82, 2.24) is 5.32 Å². The van der Waals surface area contributed by atoms with E-state index in [-0.39, 0.29) is 11.9 Å². The van der Waals surface area contributed by atoms with Crippen LogP contribution in [0.3, 0.4) is 0 Å². The fraction of sp³-hybridized carbons (Fsp3) is 0.875. The monoisotopic (exact) mass is 237 g/mol. The molecule has 0 saturated heterocycles. The Morgan fingerprint density at radius 3 is 2.17 bits per heavy atom. The molecule has 4 heteroatoms. The molecule has 0 aliphatic rings.